The van der Waals surface area contributed by atoms with E-state index in [4.69, 9.17) is 4.42 Å². The Morgan fingerprint density at radius 2 is 1.48 bits per heavy atom. The molecule has 0 N–H and O–H groups in total. The van der Waals surface area contributed by atoms with E-state index in [9.17, 15) is 0 Å². The van der Waals surface area contributed by atoms with E-state index in [0.29, 0.717) is 11.8 Å². The van der Waals surface area contributed by atoms with Gasteiger partial charge in [-0.2, -0.15) is 0 Å². The van der Waals surface area contributed by atoms with Gasteiger partial charge in [-0.05, 0) is 54.0 Å². The second-order valence-corrected chi connectivity index (χ2v) is 8.77. The van der Waals surface area contributed by atoms with Crippen molar-refractivity contribution in [3.05, 3.63) is 71.8 Å². The molecular formula is C27H29NO. The lowest BCUT2D eigenvalue weighted by molar-refractivity contribution is 0.643. The molecule has 2 heteroatoms. The Bertz CT molecular complexity index is 1150. The summed E-state index contributed by atoms with van der Waals surface area (Å²) in [5, 5.41) is 2.46. The minimum absolute atomic E-state index is 0.544. The Labute approximate surface area is 173 Å². The molecule has 1 aliphatic carbocycles. The number of nitrogens with zero attached hydrogens (tertiary/aromatic N) is 1. The first-order chi connectivity index (χ1) is 14.1. The molecule has 5 rings (SSSR count). The van der Waals surface area contributed by atoms with Crippen LogP contribution in [0.5, 0.6) is 0 Å². The molecule has 0 unspecified atom stereocenters. The second kappa shape index (κ2) is 7.26. The number of hydrogen-bond acceptors (Lipinski definition) is 2. The lowest BCUT2D eigenvalue weighted by Gasteiger charge is -2.20. The Hall–Kier alpha value is -2.74. The third-order valence-corrected chi connectivity index (χ3v) is 6.64. The van der Waals surface area contributed by atoms with Crippen LogP contribution in [0.2, 0.25) is 0 Å². The van der Waals surface area contributed by atoms with Crippen LogP contribution >= 0.6 is 0 Å². The SMILES string of the molecule is CC(C)c1ccc(N(C)c2cccc3c2oc2c(C4CCCC4)cccc23)cc1. The van der Waals surface area contributed by atoms with Crippen molar-refractivity contribution in [3.63, 3.8) is 0 Å². The number of fused-ring (bicyclic) bond motifs is 3. The Morgan fingerprint density at radius 1 is 0.828 bits per heavy atom. The summed E-state index contributed by atoms with van der Waals surface area (Å²) in [4.78, 5) is 2.24. The fourth-order valence-corrected chi connectivity index (χ4v) is 4.87. The van der Waals surface area contributed by atoms with Crippen LogP contribution in [0.25, 0.3) is 21.9 Å². The molecule has 1 fully saturated rings. The smallest absolute Gasteiger partial charge is 0.159 e. The largest absolute Gasteiger partial charge is 0.454 e. The number of benzene rings is 3. The summed E-state index contributed by atoms with van der Waals surface area (Å²) in [5.41, 5.74) is 7.14. The van der Waals surface area contributed by atoms with Gasteiger partial charge in [-0.15, -0.1) is 0 Å². The third kappa shape index (κ3) is 3.11. The topological polar surface area (TPSA) is 16.4 Å². The van der Waals surface area contributed by atoms with Crippen molar-refractivity contribution in [2.75, 3.05) is 11.9 Å². The van der Waals surface area contributed by atoms with E-state index < -0.39 is 0 Å². The fourth-order valence-electron chi connectivity index (χ4n) is 4.87. The second-order valence-electron chi connectivity index (χ2n) is 8.77. The molecule has 148 valence electrons. The zero-order valence-electron chi connectivity index (χ0n) is 17.6. The summed E-state index contributed by atoms with van der Waals surface area (Å²) >= 11 is 0. The molecule has 0 saturated heterocycles. The Morgan fingerprint density at radius 3 is 2.17 bits per heavy atom. The summed E-state index contributed by atoms with van der Waals surface area (Å²) < 4.78 is 6.59. The summed E-state index contributed by atoms with van der Waals surface area (Å²) in [6, 6.07) is 22.1. The molecule has 0 amide bonds. The van der Waals surface area contributed by atoms with Gasteiger partial charge in [0.1, 0.15) is 5.58 Å². The van der Waals surface area contributed by atoms with Gasteiger partial charge in [0.2, 0.25) is 0 Å². The standard InChI is InChI=1S/C27H29NO/c1-18(2)19-14-16-21(17-15-19)28(3)25-13-7-12-24-23-11-6-10-22(20-8-4-5-9-20)26(23)29-27(24)25/h6-7,10-18,20H,4-5,8-9H2,1-3H3. The van der Waals surface area contributed by atoms with E-state index in [1.165, 1.54) is 53.3 Å². The maximum absolute atomic E-state index is 6.59. The molecule has 0 atom stereocenters. The summed E-state index contributed by atoms with van der Waals surface area (Å²) in [6.07, 6.45) is 5.24. The van der Waals surface area contributed by atoms with Crippen molar-refractivity contribution < 1.29 is 4.42 Å². The molecule has 0 spiro atoms. The number of rotatable bonds is 4. The van der Waals surface area contributed by atoms with Crippen molar-refractivity contribution in [1.29, 1.82) is 0 Å². The van der Waals surface area contributed by atoms with Crippen LogP contribution in [0.1, 0.15) is 62.5 Å². The number of anilines is 2. The highest BCUT2D eigenvalue weighted by molar-refractivity contribution is 6.10. The number of para-hydroxylation sites is 2. The van der Waals surface area contributed by atoms with Gasteiger partial charge in [0.15, 0.2) is 5.58 Å². The molecule has 1 aliphatic rings. The lowest BCUT2D eigenvalue weighted by atomic mass is 9.95. The number of furan rings is 1. The van der Waals surface area contributed by atoms with Crippen LogP contribution in [0, 0.1) is 0 Å². The highest BCUT2D eigenvalue weighted by Gasteiger charge is 2.23. The maximum Gasteiger partial charge on any atom is 0.159 e. The van der Waals surface area contributed by atoms with Crippen molar-refractivity contribution in [1.82, 2.24) is 0 Å². The Balaban J connectivity index is 1.62. The van der Waals surface area contributed by atoms with Gasteiger partial charge < -0.3 is 9.32 Å². The zero-order valence-corrected chi connectivity index (χ0v) is 17.6. The minimum Gasteiger partial charge on any atom is -0.454 e. The van der Waals surface area contributed by atoms with E-state index in [0.717, 1.165) is 16.9 Å². The van der Waals surface area contributed by atoms with Gasteiger partial charge in [-0.1, -0.05) is 69.2 Å². The molecule has 0 radical (unpaired) electrons. The third-order valence-electron chi connectivity index (χ3n) is 6.64. The highest BCUT2D eigenvalue weighted by atomic mass is 16.3. The molecule has 3 aromatic carbocycles. The molecule has 0 bridgehead atoms. The fraction of sp³-hybridized carbons (Fsp3) is 0.333. The molecule has 2 nitrogen and oxygen atoms in total. The first kappa shape index (κ1) is 18.3. The first-order valence-electron chi connectivity index (χ1n) is 10.9. The minimum atomic E-state index is 0.544. The normalized spacial score (nSPS) is 15.0. The van der Waals surface area contributed by atoms with Gasteiger partial charge >= 0.3 is 0 Å². The monoisotopic (exact) mass is 383 g/mol. The van der Waals surface area contributed by atoms with Crippen molar-refractivity contribution in [2.24, 2.45) is 0 Å². The van der Waals surface area contributed by atoms with Crippen LogP contribution < -0.4 is 4.90 Å². The van der Waals surface area contributed by atoms with E-state index in [1.807, 2.05) is 0 Å². The van der Waals surface area contributed by atoms with Crippen LogP contribution in [-0.4, -0.2) is 7.05 Å². The predicted molar refractivity (Wildman–Crippen MR) is 124 cm³/mol. The van der Waals surface area contributed by atoms with Crippen molar-refractivity contribution in [3.8, 4) is 0 Å². The van der Waals surface area contributed by atoms with Crippen LogP contribution in [0.15, 0.2) is 65.1 Å². The average molecular weight is 384 g/mol. The van der Waals surface area contributed by atoms with Crippen molar-refractivity contribution in [2.45, 2.75) is 51.4 Å². The van der Waals surface area contributed by atoms with E-state index in [1.54, 1.807) is 0 Å². The van der Waals surface area contributed by atoms with Gasteiger partial charge in [0.25, 0.3) is 0 Å². The Kier molecular flexibility index (Phi) is 4.58. The van der Waals surface area contributed by atoms with Gasteiger partial charge in [-0.25, -0.2) is 0 Å². The van der Waals surface area contributed by atoms with E-state index in [2.05, 4.69) is 86.5 Å². The molecule has 1 saturated carbocycles. The molecule has 1 heterocycles. The molecule has 29 heavy (non-hydrogen) atoms. The van der Waals surface area contributed by atoms with Gasteiger partial charge in [0, 0.05) is 23.5 Å². The summed E-state index contributed by atoms with van der Waals surface area (Å²) in [6.45, 7) is 4.46. The van der Waals surface area contributed by atoms with E-state index >= 15 is 0 Å². The maximum atomic E-state index is 6.59. The lowest BCUT2D eigenvalue weighted by Crippen LogP contribution is -2.09. The van der Waals surface area contributed by atoms with Crippen LogP contribution in [-0.2, 0) is 0 Å². The summed E-state index contributed by atoms with van der Waals surface area (Å²) in [7, 11) is 2.13. The van der Waals surface area contributed by atoms with Gasteiger partial charge in [0.05, 0.1) is 5.69 Å². The first-order valence-corrected chi connectivity index (χ1v) is 10.9. The zero-order chi connectivity index (χ0) is 20.0. The molecule has 0 aliphatic heterocycles. The van der Waals surface area contributed by atoms with Crippen LogP contribution in [0.4, 0.5) is 11.4 Å². The van der Waals surface area contributed by atoms with Crippen molar-refractivity contribution >= 4 is 33.3 Å². The predicted octanol–water partition coefficient (Wildman–Crippen LogP) is 8.13. The average Bonchev–Trinajstić information content (AvgIpc) is 3.41. The molecule has 4 aromatic rings. The quantitative estimate of drug-likeness (QED) is 0.353. The highest BCUT2D eigenvalue weighted by Crippen LogP contribution is 2.43. The van der Waals surface area contributed by atoms with Crippen LogP contribution in [0.3, 0.4) is 0 Å². The summed E-state index contributed by atoms with van der Waals surface area (Å²) in [5.74, 6) is 1.19. The molecular weight excluding hydrogens is 354 g/mol. The number of hydrogen-bond donors (Lipinski definition) is 0. The van der Waals surface area contributed by atoms with E-state index in [-0.39, 0.29) is 0 Å². The van der Waals surface area contributed by atoms with Gasteiger partial charge in [-0.3, -0.25) is 0 Å². The molecule has 1 aromatic heterocycles.